The number of hydrogen-bond acceptors (Lipinski definition) is 6. The number of nitrogens with two attached hydrogens (primary N) is 1. The Labute approximate surface area is 121 Å². The van der Waals surface area contributed by atoms with Crippen molar-refractivity contribution in [3.63, 3.8) is 0 Å². The van der Waals surface area contributed by atoms with Gasteiger partial charge < -0.3 is 20.7 Å². The maximum atomic E-state index is 10.8. The summed E-state index contributed by atoms with van der Waals surface area (Å²) >= 11 is 0. The van der Waals surface area contributed by atoms with Crippen molar-refractivity contribution in [2.75, 3.05) is 5.73 Å². The highest BCUT2D eigenvalue weighted by atomic mass is 16.6. The molecule has 3 heterocycles. The molecular weight excluding hydrogens is 272 g/mol. The van der Waals surface area contributed by atoms with E-state index in [1.807, 2.05) is 0 Å². The molecule has 1 aliphatic heterocycles. The van der Waals surface area contributed by atoms with Crippen molar-refractivity contribution in [3.8, 4) is 0 Å². The highest BCUT2D eigenvalue weighted by Crippen LogP contribution is 2.45. The van der Waals surface area contributed by atoms with Gasteiger partial charge in [-0.3, -0.25) is 4.57 Å². The Kier molecular flexibility index (Phi) is 2.79. The minimum atomic E-state index is -1.69. The topological polar surface area (TPSA) is 106 Å². The molecule has 1 saturated heterocycles. The zero-order chi connectivity index (χ0) is 15.4. The molecule has 0 spiro atoms. The van der Waals surface area contributed by atoms with Crippen LogP contribution in [0.3, 0.4) is 0 Å². The standard InChI is InChI=1S/C14H16N4O3/c1-7(2)14(20)10(19)8(3)21-13(14)18-5-4-9-11(15)16-6-17-12(9)18/h4-6,10,13,19-20H,1,3H2,2H3,(H2,15,16,17)/t10-,13-,14-/m1/s1. The van der Waals surface area contributed by atoms with Gasteiger partial charge in [0.05, 0.1) is 5.39 Å². The number of aliphatic hydroxyl groups is 2. The maximum Gasteiger partial charge on any atom is 0.212 e. The molecule has 0 radical (unpaired) electrons. The van der Waals surface area contributed by atoms with Crippen LogP contribution in [0, 0.1) is 0 Å². The van der Waals surface area contributed by atoms with Gasteiger partial charge >= 0.3 is 0 Å². The second-order valence-electron chi connectivity index (χ2n) is 5.16. The molecule has 0 aliphatic carbocycles. The van der Waals surface area contributed by atoms with Gasteiger partial charge in [0, 0.05) is 6.20 Å². The molecule has 0 amide bonds. The summed E-state index contributed by atoms with van der Waals surface area (Å²) in [7, 11) is 0. The zero-order valence-electron chi connectivity index (χ0n) is 11.5. The van der Waals surface area contributed by atoms with Crippen molar-refractivity contribution in [2.24, 2.45) is 0 Å². The first-order valence-electron chi connectivity index (χ1n) is 6.36. The molecule has 3 atom stereocenters. The lowest BCUT2D eigenvalue weighted by molar-refractivity contribution is -0.0778. The van der Waals surface area contributed by atoms with Gasteiger partial charge in [-0.05, 0) is 18.6 Å². The Morgan fingerprint density at radius 1 is 1.52 bits per heavy atom. The minimum Gasteiger partial charge on any atom is -0.469 e. The van der Waals surface area contributed by atoms with Gasteiger partial charge in [0.25, 0.3) is 0 Å². The van der Waals surface area contributed by atoms with Crippen molar-refractivity contribution >= 4 is 16.9 Å². The lowest BCUT2D eigenvalue weighted by Crippen LogP contribution is -2.45. The predicted octanol–water partition coefficient (Wildman–Crippen LogP) is 0.724. The second-order valence-corrected chi connectivity index (χ2v) is 5.16. The van der Waals surface area contributed by atoms with Gasteiger partial charge in [0.2, 0.25) is 6.23 Å². The third-order valence-electron chi connectivity index (χ3n) is 3.84. The number of aromatic nitrogens is 3. The van der Waals surface area contributed by atoms with Crippen molar-refractivity contribution in [1.29, 1.82) is 0 Å². The molecule has 4 N–H and O–H groups in total. The number of nitrogen functional groups attached to an aromatic ring is 1. The van der Waals surface area contributed by atoms with Crippen LogP contribution in [-0.4, -0.2) is 36.5 Å². The third-order valence-corrected chi connectivity index (χ3v) is 3.84. The van der Waals surface area contributed by atoms with Gasteiger partial charge in [-0.15, -0.1) is 0 Å². The Balaban J connectivity index is 2.20. The van der Waals surface area contributed by atoms with E-state index in [0.29, 0.717) is 22.4 Å². The fourth-order valence-electron chi connectivity index (χ4n) is 2.57. The Morgan fingerprint density at radius 2 is 2.24 bits per heavy atom. The van der Waals surface area contributed by atoms with E-state index >= 15 is 0 Å². The minimum absolute atomic E-state index is 0.0781. The number of rotatable bonds is 2. The average Bonchev–Trinajstić information content (AvgIpc) is 2.96. The van der Waals surface area contributed by atoms with E-state index in [2.05, 4.69) is 23.1 Å². The lowest BCUT2D eigenvalue weighted by Gasteiger charge is -2.31. The van der Waals surface area contributed by atoms with Crippen molar-refractivity contribution < 1.29 is 14.9 Å². The molecule has 0 aromatic carbocycles. The molecule has 7 nitrogen and oxygen atoms in total. The van der Waals surface area contributed by atoms with E-state index in [1.165, 1.54) is 6.33 Å². The van der Waals surface area contributed by atoms with E-state index in [4.69, 9.17) is 10.5 Å². The van der Waals surface area contributed by atoms with Crippen LogP contribution in [0.2, 0.25) is 0 Å². The zero-order valence-corrected chi connectivity index (χ0v) is 11.5. The molecule has 1 aliphatic rings. The number of aliphatic hydroxyl groups excluding tert-OH is 1. The van der Waals surface area contributed by atoms with Crippen LogP contribution >= 0.6 is 0 Å². The highest BCUT2D eigenvalue weighted by molar-refractivity contribution is 5.86. The second kappa shape index (κ2) is 4.31. The SMILES string of the molecule is C=C1O[C@@H](n2ccc3c(N)ncnc32)[C@@](O)(C(=C)C)[C@@H]1O. The van der Waals surface area contributed by atoms with Gasteiger partial charge in [-0.1, -0.05) is 13.2 Å². The van der Waals surface area contributed by atoms with Gasteiger partial charge in [0.1, 0.15) is 29.7 Å². The molecule has 7 heteroatoms. The number of fused-ring (bicyclic) bond motifs is 1. The van der Waals surface area contributed by atoms with E-state index < -0.39 is 17.9 Å². The van der Waals surface area contributed by atoms with Crippen molar-refractivity contribution in [2.45, 2.75) is 24.9 Å². The van der Waals surface area contributed by atoms with Crippen LogP contribution in [0.4, 0.5) is 5.82 Å². The quantitative estimate of drug-likeness (QED) is 0.703. The first kappa shape index (κ1) is 13.6. The Morgan fingerprint density at radius 3 is 2.90 bits per heavy atom. The molecule has 0 saturated carbocycles. The number of ether oxygens (including phenoxy) is 1. The molecule has 0 bridgehead atoms. The molecule has 0 unspecified atom stereocenters. The summed E-state index contributed by atoms with van der Waals surface area (Å²) in [6.07, 6.45) is 0.800. The normalized spacial score (nSPS) is 28.8. The summed E-state index contributed by atoms with van der Waals surface area (Å²) in [4.78, 5) is 8.08. The average molecular weight is 288 g/mol. The van der Waals surface area contributed by atoms with Crippen LogP contribution in [0.5, 0.6) is 0 Å². The number of anilines is 1. The van der Waals surface area contributed by atoms with E-state index in [0.717, 1.165) is 0 Å². The summed E-state index contributed by atoms with van der Waals surface area (Å²) in [5, 5.41) is 21.7. The maximum absolute atomic E-state index is 10.8. The van der Waals surface area contributed by atoms with E-state index in [1.54, 1.807) is 23.8 Å². The Hall–Kier alpha value is -2.38. The molecule has 2 aromatic rings. The van der Waals surface area contributed by atoms with Crippen LogP contribution in [0.15, 0.2) is 43.1 Å². The van der Waals surface area contributed by atoms with Crippen LogP contribution in [0.25, 0.3) is 11.0 Å². The first-order chi connectivity index (χ1) is 9.87. The van der Waals surface area contributed by atoms with E-state index in [-0.39, 0.29) is 5.76 Å². The largest absolute Gasteiger partial charge is 0.469 e. The van der Waals surface area contributed by atoms with Crippen molar-refractivity contribution in [3.05, 3.63) is 43.1 Å². The van der Waals surface area contributed by atoms with E-state index in [9.17, 15) is 10.2 Å². The van der Waals surface area contributed by atoms with Crippen LogP contribution in [-0.2, 0) is 4.74 Å². The van der Waals surface area contributed by atoms with Gasteiger partial charge in [-0.25, -0.2) is 9.97 Å². The number of nitrogens with zero attached hydrogens (tertiary/aromatic N) is 3. The summed E-state index contributed by atoms with van der Waals surface area (Å²) in [6.45, 7) is 8.99. The van der Waals surface area contributed by atoms with Crippen LogP contribution < -0.4 is 5.73 Å². The highest BCUT2D eigenvalue weighted by Gasteiger charge is 2.55. The molecule has 2 aromatic heterocycles. The van der Waals surface area contributed by atoms with Crippen LogP contribution in [0.1, 0.15) is 13.2 Å². The predicted molar refractivity (Wildman–Crippen MR) is 77.0 cm³/mol. The molecule has 1 fully saturated rings. The fraction of sp³-hybridized carbons (Fsp3) is 0.286. The van der Waals surface area contributed by atoms with Crippen molar-refractivity contribution in [1.82, 2.24) is 14.5 Å². The summed E-state index contributed by atoms with van der Waals surface area (Å²) in [6, 6.07) is 1.72. The fourth-order valence-corrected chi connectivity index (χ4v) is 2.57. The Bertz CT molecular complexity index is 754. The lowest BCUT2D eigenvalue weighted by atomic mass is 9.89. The molecule has 21 heavy (non-hydrogen) atoms. The molecule has 110 valence electrons. The smallest absolute Gasteiger partial charge is 0.212 e. The first-order valence-corrected chi connectivity index (χ1v) is 6.36. The van der Waals surface area contributed by atoms with Gasteiger partial charge in [0.15, 0.2) is 5.60 Å². The summed E-state index contributed by atoms with van der Waals surface area (Å²) in [5.41, 5.74) is 4.96. The molecular formula is C14H16N4O3. The summed E-state index contributed by atoms with van der Waals surface area (Å²) in [5.74, 6) is 0.407. The third kappa shape index (κ3) is 1.68. The monoisotopic (exact) mass is 288 g/mol. The number of hydrogen-bond donors (Lipinski definition) is 3. The summed E-state index contributed by atoms with van der Waals surface area (Å²) < 4.78 is 7.14. The van der Waals surface area contributed by atoms with Gasteiger partial charge in [-0.2, -0.15) is 0 Å². The molecule has 3 rings (SSSR count).